The molecule has 1 atom stereocenters. The lowest BCUT2D eigenvalue weighted by atomic mass is 9.89. The SMILES string of the molecule is N#CC1=CCC(c2ccc(-c3ccc4cc(-c5ccc(-c6nc(-c7ccccc7)nc(-c7ccccc7)n6)cc5)ccc4c3)cc2)C=C1. The fourth-order valence-electron chi connectivity index (χ4n) is 6.23. The van der Waals surface area contributed by atoms with Gasteiger partial charge in [-0.2, -0.15) is 5.26 Å². The smallest absolute Gasteiger partial charge is 0.164 e. The molecule has 1 aliphatic carbocycles. The third-order valence-electron chi connectivity index (χ3n) is 8.92. The zero-order valence-electron chi connectivity index (χ0n) is 26.2. The average molecular weight is 615 g/mol. The summed E-state index contributed by atoms with van der Waals surface area (Å²) in [5.74, 6) is 2.27. The number of fused-ring (bicyclic) bond motifs is 1. The summed E-state index contributed by atoms with van der Waals surface area (Å²) in [7, 11) is 0. The van der Waals surface area contributed by atoms with Crippen LogP contribution in [0.1, 0.15) is 17.9 Å². The lowest BCUT2D eigenvalue weighted by Crippen LogP contribution is -2.00. The molecule has 0 amide bonds. The molecule has 0 N–H and O–H groups in total. The van der Waals surface area contributed by atoms with Gasteiger partial charge in [0.05, 0.1) is 6.07 Å². The first-order valence-corrected chi connectivity index (χ1v) is 16.1. The highest BCUT2D eigenvalue weighted by Crippen LogP contribution is 2.32. The van der Waals surface area contributed by atoms with Crippen molar-refractivity contribution in [3.8, 4) is 62.5 Å². The Kier molecular flexibility index (Phi) is 7.70. The minimum absolute atomic E-state index is 0.316. The second kappa shape index (κ2) is 12.7. The summed E-state index contributed by atoms with van der Waals surface area (Å²) in [6.45, 7) is 0. The van der Waals surface area contributed by atoms with Gasteiger partial charge in [0.2, 0.25) is 0 Å². The highest BCUT2D eigenvalue weighted by Gasteiger charge is 2.14. The molecule has 48 heavy (non-hydrogen) atoms. The molecule has 1 aromatic heterocycles. The fraction of sp³-hybridized carbons (Fsp3) is 0.0455. The lowest BCUT2D eigenvalue weighted by Gasteiger charge is -2.15. The van der Waals surface area contributed by atoms with E-state index in [4.69, 9.17) is 20.2 Å². The molecule has 0 radical (unpaired) electrons. The van der Waals surface area contributed by atoms with E-state index in [1.54, 1.807) is 0 Å². The van der Waals surface area contributed by atoms with Crippen LogP contribution in [0, 0.1) is 11.3 Å². The number of hydrogen-bond acceptors (Lipinski definition) is 4. The van der Waals surface area contributed by atoms with Crippen molar-refractivity contribution in [3.63, 3.8) is 0 Å². The zero-order chi connectivity index (χ0) is 32.3. The van der Waals surface area contributed by atoms with Crippen LogP contribution < -0.4 is 0 Å². The Morgan fingerprint density at radius 3 is 1.38 bits per heavy atom. The highest BCUT2D eigenvalue weighted by atomic mass is 15.0. The zero-order valence-corrected chi connectivity index (χ0v) is 26.2. The summed E-state index contributed by atoms with van der Waals surface area (Å²) >= 11 is 0. The van der Waals surface area contributed by atoms with Crippen LogP contribution in [0.2, 0.25) is 0 Å². The van der Waals surface area contributed by atoms with E-state index in [0.29, 0.717) is 23.4 Å². The van der Waals surface area contributed by atoms with Gasteiger partial charge in [0.1, 0.15) is 0 Å². The Hall–Kier alpha value is -6.44. The summed E-state index contributed by atoms with van der Waals surface area (Å²) in [6, 6.07) is 52.9. The first kappa shape index (κ1) is 29.0. The van der Waals surface area contributed by atoms with E-state index >= 15 is 0 Å². The predicted octanol–water partition coefficient (Wildman–Crippen LogP) is 10.9. The molecule has 1 aliphatic rings. The first-order valence-electron chi connectivity index (χ1n) is 16.1. The molecule has 226 valence electrons. The summed E-state index contributed by atoms with van der Waals surface area (Å²) in [5, 5.41) is 11.5. The Bertz CT molecular complexity index is 2290. The quantitative estimate of drug-likeness (QED) is 0.187. The maximum Gasteiger partial charge on any atom is 0.164 e. The van der Waals surface area contributed by atoms with Gasteiger partial charge in [-0.25, -0.2) is 15.0 Å². The van der Waals surface area contributed by atoms with Crippen molar-refractivity contribution in [1.82, 2.24) is 15.0 Å². The van der Waals surface area contributed by atoms with E-state index in [1.807, 2.05) is 72.8 Å². The third-order valence-corrected chi connectivity index (χ3v) is 8.92. The molecule has 7 aromatic rings. The number of benzene rings is 6. The Morgan fingerprint density at radius 2 is 0.917 bits per heavy atom. The number of rotatable bonds is 6. The molecule has 0 fully saturated rings. The van der Waals surface area contributed by atoms with Crippen molar-refractivity contribution in [2.45, 2.75) is 12.3 Å². The van der Waals surface area contributed by atoms with Crippen LogP contribution in [-0.2, 0) is 0 Å². The average Bonchev–Trinajstić information content (AvgIpc) is 3.18. The minimum atomic E-state index is 0.316. The monoisotopic (exact) mass is 614 g/mol. The van der Waals surface area contributed by atoms with Crippen LogP contribution in [0.5, 0.6) is 0 Å². The molecular weight excluding hydrogens is 585 g/mol. The molecule has 1 heterocycles. The van der Waals surface area contributed by atoms with E-state index in [9.17, 15) is 0 Å². The van der Waals surface area contributed by atoms with E-state index in [2.05, 4.69) is 97.1 Å². The number of nitrogens with zero attached hydrogens (tertiary/aromatic N) is 4. The van der Waals surface area contributed by atoms with Crippen LogP contribution in [0.15, 0.2) is 169 Å². The Balaban J connectivity index is 1.04. The minimum Gasteiger partial charge on any atom is -0.208 e. The summed E-state index contributed by atoms with van der Waals surface area (Å²) < 4.78 is 0. The largest absolute Gasteiger partial charge is 0.208 e. The molecule has 0 saturated carbocycles. The van der Waals surface area contributed by atoms with Gasteiger partial charge in [-0.1, -0.05) is 146 Å². The normalized spacial score (nSPS) is 14.0. The van der Waals surface area contributed by atoms with Crippen molar-refractivity contribution in [3.05, 3.63) is 175 Å². The van der Waals surface area contributed by atoms with E-state index in [1.165, 1.54) is 27.5 Å². The van der Waals surface area contributed by atoms with Crippen molar-refractivity contribution < 1.29 is 0 Å². The van der Waals surface area contributed by atoms with Crippen LogP contribution in [0.3, 0.4) is 0 Å². The van der Waals surface area contributed by atoms with Gasteiger partial charge in [0, 0.05) is 28.2 Å². The molecule has 0 spiro atoms. The maximum absolute atomic E-state index is 9.11. The van der Waals surface area contributed by atoms with Gasteiger partial charge in [-0.05, 0) is 63.2 Å². The molecule has 4 heteroatoms. The lowest BCUT2D eigenvalue weighted by molar-refractivity contribution is 0.849. The second-order valence-corrected chi connectivity index (χ2v) is 12.0. The molecule has 0 bridgehead atoms. The molecule has 0 aliphatic heterocycles. The second-order valence-electron chi connectivity index (χ2n) is 12.0. The van der Waals surface area contributed by atoms with Crippen molar-refractivity contribution in [1.29, 1.82) is 5.26 Å². The number of hydrogen-bond donors (Lipinski definition) is 0. The third kappa shape index (κ3) is 5.93. The number of aromatic nitrogens is 3. The summed E-state index contributed by atoms with van der Waals surface area (Å²) in [6.07, 6.45) is 6.93. The molecule has 1 unspecified atom stereocenters. The van der Waals surface area contributed by atoms with E-state index < -0.39 is 0 Å². The fourth-order valence-corrected chi connectivity index (χ4v) is 6.23. The van der Waals surface area contributed by atoms with Crippen molar-refractivity contribution in [2.75, 3.05) is 0 Å². The van der Waals surface area contributed by atoms with Crippen LogP contribution in [0.4, 0.5) is 0 Å². The van der Waals surface area contributed by atoms with Gasteiger partial charge < -0.3 is 0 Å². The van der Waals surface area contributed by atoms with Crippen molar-refractivity contribution in [2.24, 2.45) is 0 Å². The van der Waals surface area contributed by atoms with Crippen molar-refractivity contribution >= 4 is 10.8 Å². The van der Waals surface area contributed by atoms with Gasteiger partial charge in [0.15, 0.2) is 17.5 Å². The Labute approximate surface area is 280 Å². The van der Waals surface area contributed by atoms with Crippen LogP contribution in [-0.4, -0.2) is 15.0 Å². The van der Waals surface area contributed by atoms with E-state index in [-0.39, 0.29) is 0 Å². The van der Waals surface area contributed by atoms with Gasteiger partial charge in [0.25, 0.3) is 0 Å². The molecule has 0 saturated heterocycles. The molecule has 8 rings (SSSR count). The molecule has 4 nitrogen and oxygen atoms in total. The number of nitriles is 1. The van der Waals surface area contributed by atoms with Crippen LogP contribution in [0.25, 0.3) is 67.2 Å². The predicted molar refractivity (Wildman–Crippen MR) is 195 cm³/mol. The Morgan fingerprint density at radius 1 is 0.479 bits per heavy atom. The first-order chi connectivity index (χ1) is 23.7. The summed E-state index contributed by atoms with van der Waals surface area (Å²) in [5.41, 5.74) is 9.54. The van der Waals surface area contributed by atoms with Gasteiger partial charge in [-0.15, -0.1) is 0 Å². The standard InChI is InChI=1S/C44H30N4/c45-29-30-11-13-31(14-12-30)32-15-17-33(18-16-32)38-23-25-41-28-39(24-26-40(41)27-38)34-19-21-37(22-20-34)44-47-42(35-7-3-1-4-8-35)46-43(48-44)36-9-5-2-6-10-36/h1-13,15-28,31H,14H2. The van der Waals surface area contributed by atoms with Crippen LogP contribution >= 0.6 is 0 Å². The van der Waals surface area contributed by atoms with Gasteiger partial charge in [-0.3, -0.25) is 0 Å². The molecule has 6 aromatic carbocycles. The van der Waals surface area contributed by atoms with Gasteiger partial charge >= 0.3 is 0 Å². The maximum atomic E-state index is 9.11. The molecular formula is C44H30N4. The summed E-state index contributed by atoms with van der Waals surface area (Å²) in [4.78, 5) is 14.6. The highest BCUT2D eigenvalue weighted by molar-refractivity contribution is 5.91. The van der Waals surface area contributed by atoms with E-state index in [0.717, 1.165) is 39.8 Å². The topological polar surface area (TPSA) is 62.5 Å². The number of allylic oxidation sites excluding steroid dienone is 4.